The van der Waals surface area contributed by atoms with Crippen molar-refractivity contribution in [2.45, 2.75) is 32.2 Å². The molecule has 0 spiro atoms. The summed E-state index contributed by atoms with van der Waals surface area (Å²) in [5.41, 5.74) is 2.65. The average Bonchev–Trinajstić information content (AvgIpc) is 2.98. The third kappa shape index (κ3) is 2.03. The largest absolute Gasteiger partial charge is 0.496 e. The minimum absolute atomic E-state index is 0.452. The lowest BCUT2D eigenvalue weighted by Crippen LogP contribution is -2.25. The van der Waals surface area contributed by atoms with Gasteiger partial charge in [-0.2, -0.15) is 0 Å². The van der Waals surface area contributed by atoms with Crippen molar-refractivity contribution in [2.75, 3.05) is 14.2 Å². The number of aryl methyl sites for hydroxylation is 1. The van der Waals surface area contributed by atoms with Crippen LogP contribution in [0.3, 0.4) is 0 Å². The molecule has 0 saturated heterocycles. The maximum absolute atomic E-state index is 5.54. The average molecular weight is 245 g/mol. The van der Waals surface area contributed by atoms with Crippen LogP contribution in [0.15, 0.2) is 18.2 Å². The lowest BCUT2D eigenvalue weighted by Gasteiger charge is -2.26. The van der Waals surface area contributed by atoms with E-state index < -0.39 is 0 Å². The summed E-state index contributed by atoms with van der Waals surface area (Å²) in [6, 6.07) is 6.96. The highest BCUT2D eigenvalue weighted by Crippen LogP contribution is 2.57. The molecule has 3 unspecified atom stereocenters. The maximum Gasteiger partial charge on any atom is 0.123 e. The molecule has 2 fully saturated rings. The SMILES string of the molecule is CNC(c1cc(C)ccc1OC)C1CC2CC2C1. The van der Waals surface area contributed by atoms with Gasteiger partial charge < -0.3 is 10.1 Å². The van der Waals surface area contributed by atoms with Gasteiger partial charge in [-0.25, -0.2) is 0 Å². The van der Waals surface area contributed by atoms with E-state index in [0.29, 0.717) is 6.04 Å². The van der Waals surface area contributed by atoms with E-state index in [1.54, 1.807) is 7.11 Å². The second-order valence-corrected chi connectivity index (χ2v) is 6.00. The van der Waals surface area contributed by atoms with E-state index >= 15 is 0 Å². The van der Waals surface area contributed by atoms with Crippen LogP contribution in [0.5, 0.6) is 5.75 Å². The molecule has 0 aliphatic heterocycles. The molecule has 3 rings (SSSR count). The number of rotatable bonds is 4. The summed E-state index contributed by atoms with van der Waals surface area (Å²) >= 11 is 0. The van der Waals surface area contributed by atoms with E-state index in [9.17, 15) is 0 Å². The number of hydrogen-bond acceptors (Lipinski definition) is 2. The fraction of sp³-hybridized carbons (Fsp3) is 0.625. The molecule has 0 radical (unpaired) electrons. The van der Waals surface area contributed by atoms with Crippen molar-refractivity contribution in [1.82, 2.24) is 5.32 Å². The molecular weight excluding hydrogens is 222 g/mol. The molecule has 0 heterocycles. The summed E-state index contributed by atoms with van der Waals surface area (Å²) < 4.78 is 5.54. The van der Waals surface area contributed by atoms with Crippen molar-refractivity contribution in [2.24, 2.45) is 17.8 Å². The topological polar surface area (TPSA) is 21.3 Å². The summed E-state index contributed by atoms with van der Waals surface area (Å²) in [6.07, 6.45) is 4.28. The molecule has 2 heteroatoms. The fourth-order valence-corrected chi connectivity index (χ4v) is 3.78. The Kier molecular flexibility index (Phi) is 3.06. The van der Waals surface area contributed by atoms with Crippen LogP contribution in [0.1, 0.15) is 36.4 Å². The summed E-state index contributed by atoms with van der Waals surface area (Å²) in [4.78, 5) is 0. The Labute approximate surface area is 110 Å². The van der Waals surface area contributed by atoms with Gasteiger partial charge in [0.1, 0.15) is 5.75 Å². The van der Waals surface area contributed by atoms with Crippen molar-refractivity contribution in [1.29, 1.82) is 0 Å². The molecule has 2 aliphatic rings. The molecule has 1 aromatic rings. The van der Waals surface area contributed by atoms with Crippen LogP contribution in [0.2, 0.25) is 0 Å². The molecule has 18 heavy (non-hydrogen) atoms. The quantitative estimate of drug-likeness (QED) is 0.878. The van der Waals surface area contributed by atoms with E-state index in [2.05, 4.69) is 37.5 Å². The van der Waals surface area contributed by atoms with E-state index in [-0.39, 0.29) is 0 Å². The second kappa shape index (κ2) is 4.58. The lowest BCUT2D eigenvalue weighted by molar-refractivity contribution is 0.340. The Morgan fingerprint density at radius 2 is 1.94 bits per heavy atom. The van der Waals surface area contributed by atoms with Crippen LogP contribution in [-0.4, -0.2) is 14.2 Å². The zero-order valence-electron chi connectivity index (χ0n) is 11.6. The van der Waals surface area contributed by atoms with Gasteiger partial charge in [0.25, 0.3) is 0 Å². The molecule has 98 valence electrons. The highest BCUT2D eigenvalue weighted by molar-refractivity contribution is 5.39. The molecule has 2 nitrogen and oxygen atoms in total. The van der Waals surface area contributed by atoms with Crippen LogP contribution in [-0.2, 0) is 0 Å². The Morgan fingerprint density at radius 3 is 2.56 bits per heavy atom. The fourth-order valence-electron chi connectivity index (χ4n) is 3.78. The number of benzene rings is 1. The summed E-state index contributed by atoms with van der Waals surface area (Å²) in [5.74, 6) is 3.87. The van der Waals surface area contributed by atoms with Gasteiger partial charge in [-0.3, -0.25) is 0 Å². The van der Waals surface area contributed by atoms with Crippen LogP contribution in [0.4, 0.5) is 0 Å². The zero-order valence-corrected chi connectivity index (χ0v) is 11.6. The molecule has 2 aliphatic carbocycles. The van der Waals surface area contributed by atoms with Crippen LogP contribution in [0.25, 0.3) is 0 Å². The predicted molar refractivity (Wildman–Crippen MR) is 73.9 cm³/mol. The van der Waals surface area contributed by atoms with Crippen LogP contribution in [0, 0.1) is 24.7 Å². The van der Waals surface area contributed by atoms with Gasteiger partial charge in [-0.15, -0.1) is 0 Å². The van der Waals surface area contributed by atoms with Gasteiger partial charge in [0, 0.05) is 11.6 Å². The Bertz CT molecular complexity index is 433. The van der Waals surface area contributed by atoms with E-state index in [0.717, 1.165) is 23.5 Å². The van der Waals surface area contributed by atoms with Gasteiger partial charge in [0.2, 0.25) is 0 Å². The first-order chi connectivity index (χ1) is 8.72. The molecule has 2 saturated carbocycles. The van der Waals surface area contributed by atoms with Gasteiger partial charge >= 0.3 is 0 Å². The molecule has 0 amide bonds. The zero-order chi connectivity index (χ0) is 12.7. The number of hydrogen-bond donors (Lipinski definition) is 1. The summed E-state index contributed by atoms with van der Waals surface area (Å²) in [6.45, 7) is 2.15. The van der Waals surface area contributed by atoms with E-state index in [1.165, 1.54) is 30.4 Å². The maximum atomic E-state index is 5.54. The number of ether oxygens (including phenoxy) is 1. The molecule has 0 aromatic heterocycles. The number of methoxy groups -OCH3 is 1. The van der Waals surface area contributed by atoms with Gasteiger partial charge in [0.15, 0.2) is 0 Å². The van der Waals surface area contributed by atoms with Crippen molar-refractivity contribution in [3.05, 3.63) is 29.3 Å². The van der Waals surface area contributed by atoms with Crippen molar-refractivity contribution < 1.29 is 4.74 Å². The lowest BCUT2D eigenvalue weighted by atomic mass is 9.88. The van der Waals surface area contributed by atoms with Crippen molar-refractivity contribution in [3.8, 4) is 5.75 Å². The Hall–Kier alpha value is -1.02. The van der Waals surface area contributed by atoms with Crippen LogP contribution < -0.4 is 10.1 Å². The highest BCUT2D eigenvalue weighted by atomic mass is 16.5. The summed E-state index contributed by atoms with van der Waals surface area (Å²) in [7, 11) is 3.85. The molecule has 1 aromatic carbocycles. The third-order valence-electron chi connectivity index (χ3n) is 4.78. The second-order valence-electron chi connectivity index (χ2n) is 6.00. The van der Waals surface area contributed by atoms with Gasteiger partial charge in [-0.1, -0.05) is 17.7 Å². The van der Waals surface area contributed by atoms with Gasteiger partial charge in [-0.05, 0) is 57.1 Å². The molecular formula is C16H23NO. The first kappa shape index (κ1) is 12.0. The highest BCUT2D eigenvalue weighted by Gasteiger charge is 2.48. The number of fused-ring (bicyclic) bond motifs is 1. The third-order valence-corrected chi connectivity index (χ3v) is 4.78. The van der Waals surface area contributed by atoms with Crippen molar-refractivity contribution >= 4 is 0 Å². The number of nitrogens with one attached hydrogen (secondary N) is 1. The first-order valence-corrected chi connectivity index (χ1v) is 7.04. The molecule has 0 bridgehead atoms. The predicted octanol–water partition coefficient (Wildman–Crippen LogP) is 3.31. The minimum Gasteiger partial charge on any atom is -0.496 e. The minimum atomic E-state index is 0.452. The first-order valence-electron chi connectivity index (χ1n) is 7.04. The van der Waals surface area contributed by atoms with Gasteiger partial charge in [0.05, 0.1) is 7.11 Å². The van der Waals surface area contributed by atoms with E-state index in [4.69, 9.17) is 4.74 Å². The summed E-state index contributed by atoms with van der Waals surface area (Å²) in [5, 5.41) is 3.52. The van der Waals surface area contributed by atoms with Crippen LogP contribution >= 0.6 is 0 Å². The van der Waals surface area contributed by atoms with E-state index in [1.807, 2.05) is 0 Å². The Morgan fingerprint density at radius 1 is 1.22 bits per heavy atom. The standard InChI is InChI=1S/C16H23NO/c1-10-4-5-15(18-3)14(6-10)16(17-2)13-8-11-7-12(11)9-13/h4-6,11-13,16-17H,7-9H2,1-3H3. The molecule has 1 N–H and O–H groups in total. The molecule has 3 atom stereocenters. The smallest absolute Gasteiger partial charge is 0.123 e. The van der Waals surface area contributed by atoms with Crippen molar-refractivity contribution in [3.63, 3.8) is 0 Å². The Balaban J connectivity index is 1.88. The normalized spacial score (nSPS) is 30.9. The monoisotopic (exact) mass is 245 g/mol.